The number of unbranched alkanes of at least 4 members (excludes halogenated alkanes) is 1. The zero-order valence-electron chi connectivity index (χ0n) is 11.3. The van der Waals surface area contributed by atoms with Crippen LogP contribution >= 0.6 is 11.6 Å². The lowest BCUT2D eigenvalue weighted by Crippen LogP contribution is -2.35. The van der Waals surface area contributed by atoms with Crippen LogP contribution in [-0.2, 0) is 9.59 Å². The van der Waals surface area contributed by atoms with Crippen molar-refractivity contribution in [2.75, 3.05) is 25.0 Å². The van der Waals surface area contributed by atoms with Gasteiger partial charge in [0.15, 0.2) is 0 Å². The summed E-state index contributed by atoms with van der Waals surface area (Å²) in [4.78, 5) is 27.8. The molecule has 0 saturated heterocycles. The van der Waals surface area contributed by atoms with E-state index in [4.69, 9.17) is 16.7 Å². The summed E-state index contributed by atoms with van der Waals surface area (Å²) in [6.45, 7) is 0.668. The van der Waals surface area contributed by atoms with Crippen molar-refractivity contribution >= 4 is 29.3 Å². The molecule has 0 aliphatic heterocycles. The van der Waals surface area contributed by atoms with Gasteiger partial charge in [-0.05, 0) is 25.0 Å². The van der Waals surface area contributed by atoms with E-state index in [1.165, 1.54) is 6.20 Å². The number of aliphatic carboxylic acids is 1. The first-order valence-corrected chi connectivity index (χ1v) is 6.68. The molecule has 0 fully saturated rings. The van der Waals surface area contributed by atoms with Crippen LogP contribution in [0.25, 0.3) is 0 Å². The molecule has 1 rings (SSSR count). The number of carbonyl (C=O) groups is 2. The Morgan fingerprint density at radius 2 is 2.15 bits per heavy atom. The van der Waals surface area contributed by atoms with Crippen LogP contribution in [0.15, 0.2) is 18.3 Å². The van der Waals surface area contributed by atoms with Gasteiger partial charge in [-0.25, -0.2) is 4.98 Å². The normalized spacial score (nSPS) is 10.1. The highest BCUT2D eigenvalue weighted by Crippen LogP contribution is 2.12. The Balaban J connectivity index is 2.24. The molecular formula is C13H18ClN3O3. The van der Waals surface area contributed by atoms with Crippen molar-refractivity contribution in [2.24, 2.45) is 0 Å². The predicted octanol–water partition coefficient (Wildman–Crippen LogP) is 1.54. The molecule has 110 valence electrons. The van der Waals surface area contributed by atoms with Crippen molar-refractivity contribution in [3.8, 4) is 0 Å². The number of carboxylic acid groups (broad SMARTS) is 1. The number of rotatable bonds is 8. The zero-order chi connectivity index (χ0) is 15.0. The van der Waals surface area contributed by atoms with Crippen LogP contribution in [0.3, 0.4) is 0 Å². The minimum absolute atomic E-state index is 0.125. The number of carboxylic acids is 1. The van der Waals surface area contributed by atoms with E-state index < -0.39 is 5.97 Å². The molecular weight excluding hydrogens is 282 g/mol. The second kappa shape index (κ2) is 8.37. The average molecular weight is 300 g/mol. The van der Waals surface area contributed by atoms with Gasteiger partial charge in [0.2, 0.25) is 5.91 Å². The van der Waals surface area contributed by atoms with Crippen LogP contribution in [0.1, 0.15) is 19.3 Å². The molecule has 2 N–H and O–H groups in total. The highest BCUT2D eigenvalue weighted by atomic mass is 35.5. The van der Waals surface area contributed by atoms with Crippen molar-refractivity contribution in [3.05, 3.63) is 23.4 Å². The lowest BCUT2D eigenvalue weighted by atomic mass is 10.2. The quantitative estimate of drug-likeness (QED) is 0.712. The van der Waals surface area contributed by atoms with Crippen molar-refractivity contribution in [1.82, 2.24) is 10.3 Å². The maximum absolute atomic E-state index is 11.7. The summed E-state index contributed by atoms with van der Waals surface area (Å²) < 4.78 is 0. The van der Waals surface area contributed by atoms with Crippen LogP contribution in [0.5, 0.6) is 0 Å². The Hall–Kier alpha value is -1.82. The van der Waals surface area contributed by atoms with Gasteiger partial charge in [-0.1, -0.05) is 11.6 Å². The van der Waals surface area contributed by atoms with E-state index in [0.29, 0.717) is 30.2 Å². The van der Waals surface area contributed by atoms with E-state index >= 15 is 0 Å². The van der Waals surface area contributed by atoms with Gasteiger partial charge in [-0.15, -0.1) is 0 Å². The number of likely N-dealkylation sites (N-methyl/N-ethyl adjacent to an activating group) is 1. The van der Waals surface area contributed by atoms with E-state index in [2.05, 4.69) is 10.3 Å². The molecule has 20 heavy (non-hydrogen) atoms. The highest BCUT2D eigenvalue weighted by Gasteiger charge is 2.08. The smallest absolute Gasteiger partial charge is 0.303 e. The minimum Gasteiger partial charge on any atom is -0.481 e. The third kappa shape index (κ3) is 6.38. The lowest BCUT2D eigenvalue weighted by molar-refractivity contribution is -0.137. The number of carbonyl (C=O) groups excluding carboxylic acids is 1. The Morgan fingerprint density at radius 3 is 2.75 bits per heavy atom. The maximum Gasteiger partial charge on any atom is 0.303 e. The van der Waals surface area contributed by atoms with Crippen LogP contribution in [0.2, 0.25) is 5.02 Å². The molecule has 0 aliphatic rings. The summed E-state index contributed by atoms with van der Waals surface area (Å²) in [7, 11) is 1.76. The third-order valence-electron chi connectivity index (χ3n) is 2.62. The Bertz CT molecular complexity index is 451. The second-order valence-electron chi connectivity index (χ2n) is 4.39. The Labute approximate surface area is 122 Å². The fourth-order valence-electron chi connectivity index (χ4n) is 1.58. The fourth-order valence-corrected chi connectivity index (χ4v) is 1.69. The summed E-state index contributed by atoms with van der Waals surface area (Å²) in [5.74, 6) is -0.278. The number of hydrogen-bond donors (Lipinski definition) is 2. The van der Waals surface area contributed by atoms with Gasteiger partial charge in [0.05, 0.1) is 11.6 Å². The standard InChI is InChI=1S/C13H18ClN3O3/c1-17(11-6-5-10(14)8-16-11)9-12(18)15-7-3-2-4-13(19)20/h5-6,8H,2-4,7,9H2,1H3,(H,15,18)(H,19,20). The van der Waals surface area contributed by atoms with Crippen LogP contribution in [0.4, 0.5) is 5.82 Å². The van der Waals surface area contributed by atoms with E-state index in [1.54, 1.807) is 24.1 Å². The number of aromatic nitrogens is 1. The Morgan fingerprint density at radius 1 is 1.40 bits per heavy atom. The van der Waals surface area contributed by atoms with Gasteiger partial charge in [-0.2, -0.15) is 0 Å². The molecule has 0 bridgehead atoms. The first kappa shape index (κ1) is 16.2. The van der Waals surface area contributed by atoms with Gasteiger partial charge in [0.1, 0.15) is 5.82 Å². The van der Waals surface area contributed by atoms with Crippen LogP contribution in [0, 0.1) is 0 Å². The van der Waals surface area contributed by atoms with E-state index in [0.717, 1.165) is 0 Å². The molecule has 1 aromatic rings. The molecule has 1 aromatic heterocycles. The van der Waals surface area contributed by atoms with Gasteiger partial charge in [0.25, 0.3) is 0 Å². The van der Waals surface area contributed by atoms with E-state index in [9.17, 15) is 9.59 Å². The molecule has 0 unspecified atom stereocenters. The predicted molar refractivity (Wildman–Crippen MR) is 77.0 cm³/mol. The summed E-state index contributed by atoms with van der Waals surface area (Å²) in [6.07, 6.45) is 2.87. The van der Waals surface area contributed by atoms with E-state index in [1.807, 2.05) is 0 Å². The van der Waals surface area contributed by atoms with Crippen LogP contribution in [-0.4, -0.2) is 42.1 Å². The number of nitrogens with zero attached hydrogens (tertiary/aromatic N) is 2. The van der Waals surface area contributed by atoms with E-state index in [-0.39, 0.29) is 18.9 Å². The molecule has 0 radical (unpaired) electrons. The second-order valence-corrected chi connectivity index (χ2v) is 4.83. The number of anilines is 1. The average Bonchev–Trinajstić information content (AvgIpc) is 2.38. The van der Waals surface area contributed by atoms with Gasteiger partial charge in [0, 0.05) is 26.2 Å². The lowest BCUT2D eigenvalue weighted by Gasteiger charge is -2.17. The van der Waals surface area contributed by atoms with Gasteiger partial charge >= 0.3 is 5.97 Å². The zero-order valence-corrected chi connectivity index (χ0v) is 12.1. The summed E-state index contributed by atoms with van der Waals surface area (Å²) in [6, 6.07) is 3.45. The molecule has 1 heterocycles. The SMILES string of the molecule is CN(CC(=O)NCCCCC(=O)O)c1ccc(Cl)cn1. The molecule has 1 amide bonds. The number of halogens is 1. The topological polar surface area (TPSA) is 82.5 Å². The molecule has 6 nitrogen and oxygen atoms in total. The van der Waals surface area contributed by atoms with Crippen LogP contribution < -0.4 is 10.2 Å². The molecule has 0 atom stereocenters. The van der Waals surface area contributed by atoms with Crippen molar-refractivity contribution in [1.29, 1.82) is 0 Å². The first-order chi connectivity index (χ1) is 9.49. The van der Waals surface area contributed by atoms with Crippen molar-refractivity contribution in [3.63, 3.8) is 0 Å². The number of hydrogen-bond acceptors (Lipinski definition) is 4. The molecule has 7 heteroatoms. The summed E-state index contributed by atoms with van der Waals surface area (Å²) in [5, 5.41) is 11.8. The minimum atomic E-state index is -0.815. The molecule has 0 spiro atoms. The van der Waals surface area contributed by atoms with Crippen molar-refractivity contribution in [2.45, 2.75) is 19.3 Å². The van der Waals surface area contributed by atoms with Gasteiger partial charge in [-0.3, -0.25) is 9.59 Å². The van der Waals surface area contributed by atoms with Crippen molar-refractivity contribution < 1.29 is 14.7 Å². The number of amides is 1. The number of pyridine rings is 1. The fraction of sp³-hybridized carbons (Fsp3) is 0.462. The summed E-state index contributed by atoms with van der Waals surface area (Å²) >= 11 is 5.74. The monoisotopic (exact) mass is 299 g/mol. The molecule has 0 aromatic carbocycles. The van der Waals surface area contributed by atoms with Gasteiger partial charge < -0.3 is 15.3 Å². The highest BCUT2D eigenvalue weighted by molar-refractivity contribution is 6.30. The first-order valence-electron chi connectivity index (χ1n) is 6.30. The largest absolute Gasteiger partial charge is 0.481 e. The Kier molecular flexibility index (Phi) is 6.79. The molecule has 0 saturated carbocycles. The molecule has 0 aliphatic carbocycles. The number of nitrogens with one attached hydrogen (secondary N) is 1. The summed E-state index contributed by atoms with van der Waals surface area (Å²) in [5.41, 5.74) is 0. The maximum atomic E-state index is 11.7. The third-order valence-corrected chi connectivity index (χ3v) is 2.85.